The summed E-state index contributed by atoms with van der Waals surface area (Å²) in [6.07, 6.45) is 7.58. The standard InChI is InChI=1S/C36H40N2O3/c1-39-29-15-14-26-20-31-36-17-16-28-33(30(41-36)23-38(28)22-24-8-4-2-5-9-24)35(36,18-19-37(31)21-25-12-13-25)32(26)34(29)40-27-10-6-3-7-11-27/h2-11,14-15,25,28,30-31,33H,12-13,16-23H2,1H3. The lowest BCUT2D eigenvalue weighted by molar-refractivity contribution is -0.174. The molecule has 0 amide bonds. The molecule has 6 aliphatic rings. The van der Waals surface area contributed by atoms with Crippen molar-refractivity contribution in [2.75, 3.05) is 26.7 Å². The van der Waals surface area contributed by atoms with Crippen molar-refractivity contribution in [2.45, 2.75) is 74.3 Å². The molecule has 0 aromatic heterocycles. The Morgan fingerprint density at radius 3 is 2.49 bits per heavy atom. The third kappa shape index (κ3) is 3.46. The van der Waals surface area contributed by atoms with Crippen molar-refractivity contribution in [2.24, 2.45) is 11.8 Å². The zero-order chi connectivity index (χ0) is 27.2. The number of ether oxygens (including phenoxy) is 3. The average molecular weight is 549 g/mol. The monoisotopic (exact) mass is 548 g/mol. The largest absolute Gasteiger partial charge is 0.493 e. The molecule has 5 nitrogen and oxygen atoms in total. The highest BCUT2D eigenvalue weighted by atomic mass is 16.5. The molecule has 3 aliphatic heterocycles. The number of methoxy groups -OCH3 is 1. The maximum absolute atomic E-state index is 7.58. The predicted octanol–water partition coefficient (Wildman–Crippen LogP) is 6.20. The van der Waals surface area contributed by atoms with E-state index in [-0.39, 0.29) is 17.1 Å². The summed E-state index contributed by atoms with van der Waals surface area (Å²) in [4.78, 5) is 5.60. The van der Waals surface area contributed by atoms with E-state index in [0.29, 0.717) is 18.0 Å². The number of hydrogen-bond donors (Lipinski definition) is 0. The molecule has 2 saturated carbocycles. The van der Waals surface area contributed by atoms with Gasteiger partial charge < -0.3 is 14.2 Å². The summed E-state index contributed by atoms with van der Waals surface area (Å²) in [5.74, 6) is 3.99. The molecule has 0 N–H and O–H groups in total. The maximum atomic E-state index is 7.58. The first-order chi connectivity index (χ1) is 20.2. The Hall–Kier alpha value is -2.86. The van der Waals surface area contributed by atoms with Gasteiger partial charge in [-0.1, -0.05) is 54.6 Å². The molecule has 5 fully saturated rings. The van der Waals surface area contributed by atoms with Crippen LogP contribution in [0.1, 0.15) is 48.8 Å². The molecule has 212 valence electrons. The summed E-state index contributed by atoms with van der Waals surface area (Å²) in [6.45, 7) is 4.42. The topological polar surface area (TPSA) is 34.2 Å². The van der Waals surface area contributed by atoms with Gasteiger partial charge in [0.2, 0.25) is 0 Å². The summed E-state index contributed by atoms with van der Waals surface area (Å²) < 4.78 is 20.5. The molecule has 3 aromatic carbocycles. The average Bonchev–Trinajstić information content (AvgIpc) is 3.71. The van der Waals surface area contributed by atoms with Crippen LogP contribution < -0.4 is 9.47 Å². The van der Waals surface area contributed by atoms with E-state index in [2.05, 4.69) is 76.5 Å². The van der Waals surface area contributed by atoms with Crippen molar-refractivity contribution in [3.63, 3.8) is 0 Å². The SMILES string of the molecule is COc1ccc2c(c1Oc1ccccc1)C13CCN(CC4CC4)C(C2)C12CCC1C3C(CN1Cc1ccccc1)O2. The first kappa shape index (κ1) is 24.7. The van der Waals surface area contributed by atoms with Gasteiger partial charge in [-0.15, -0.1) is 0 Å². The van der Waals surface area contributed by atoms with Crippen LogP contribution in [-0.2, 0) is 23.1 Å². The van der Waals surface area contributed by atoms with E-state index >= 15 is 0 Å². The van der Waals surface area contributed by atoms with Crippen LogP contribution in [0, 0.1) is 11.8 Å². The molecule has 3 heterocycles. The van der Waals surface area contributed by atoms with Gasteiger partial charge >= 0.3 is 0 Å². The highest BCUT2D eigenvalue weighted by Crippen LogP contribution is 2.71. The van der Waals surface area contributed by atoms with Crippen LogP contribution >= 0.6 is 0 Å². The van der Waals surface area contributed by atoms with E-state index in [1.807, 2.05) is 6.07 Å². The molecule has 41 heavy (non-hydrogen) atoms. The van der Waals surface area contributed by atoms with Crippen LogP contribution in [0.2, 0.25) is 0 Å². The number of benzene rings is 3. The Bertz CT molecular complexity index is 1460. The molecular formula is C36H40N2O3. The summed E-state index contributed by atoms with van der Waals surface area (Å²) in [5, 5.41) is 0. The Morgan fingerprint density at radius 1 is 0.902 bits per heavy atom. The van der Waals surface area contributed by atoms with Gasteiger partial charge in [-0.25, -0.2) is 0 Å². The van der Waals surface area contributed by atoms with E-state index in [0.717, 1.165) is 62.1 Å². The first-order valence-corrected chi connectivity index (χ1v) is 15.8. The minimum absolute atomic E-state index is 0.0665. The normalized spacial score (nSPS) is 35.1. The molecule has 3 aliphatic carbocycles. The summed E-state index contributed by atoms with van der Waals surface area (Å²) in [6, 6.07) is 26.8. The molecule has 3 saturated heterocycles. The van der Waals surface area contributed by atoms with E-state index in [9.17, 15) is 0 Å². The molecule has 4 bridgehead atoms. The molecule has 0 radical (unpaired) electrons. The van der Waals surface area contributed by atoms with Crippen molar-refractivity contribution in [1.29, 1.82) is 0 Å². The van der Waals surface area contributed by atoms with Crippen molar-refractivity contribution in [1.82, 2.24) is 9.80 Å². The zero-order valence-electron chi connectivity index (χ0n) is 24.0. The van der Waals surface area contributed by atoms with Crippen LogP contribution in [0.5, 0.6) is 17.2 Å². The molecule has 6 atom stereocenters. The van der Waals surface area contributed by atoms with Crippen LogP contribution in [0.3, 0.4) is 0 Å². The second-order valence-corrected chi connectivity index (χ2v) is 13.5. The summed E-state index contributed by atoms with van der Waals surface area (Å²) in [7, 11) is 1.79. The zero-order valence-corrected chi connectivity index (χ0v) is 24.0. The van der Waals surface area contributed by atoms with Gasteiger partial charge in [0, 0.05) is 48.6 Å². The van der Waals surface area contributed by atoms with E-state index in [4.69, 9.17) is 14.2 Å². The smallest absolute Gasteiger partial charge is 0.173 e. The quantitative estimate of drug-likeness (QED) is 0.351. The van der Waals surface area contributed by atoms with Crippen molar-refractivity contribution >= 4 is 0 Å². The maximum Gasteiger partial charge on any atom is 0.173 e. The summed E-state index contributed by atoms with van der Waals surface area (Å²) >= 11 is 0. The minimum atomic E-state index is -0.154. The fraction of sp³-hybridized carbons (Fsp3) is 0.500. The highest BCUT2D eigenvalue weighted by molar-refractivity contribution is 5.62. The van der Waals surface area contributed by atoms with Crippen LogP contribution in [0.4, 0.5) is 0 Å². The number of fused-ring (bicyclic) bond motifs is 1. The van der Waals surface area contributed by atoms with Gasteiger partial charge in [-0.05, 0) is 80.3 Å². The number of nitrogens with zero attached hydrogens (tertiary/aromatic N) is 2. The van der Waals surface area contributed by atoms with Gasteiger partial charge in [0.05, 0.1) is 18.8 Å². The van der Waals surface area contributed by atoms with Crippen molar-refractivity contribution in [3.05, 3.63) is 89.5 Å². The van der Waals surface area contributed by atoms with Crippen LogP contribution in [0.25, 0.3) is 0 Å². The van der Waals surface area contributed by atoms with Crippen LogP contribution in [0.15, 0.2) is 72.8 Å². The van der Waals surface area contributed by atoms with Crippen LogP contribution in [-0.4, -0.2) is 60.3 Å². The van der Waals surface area contributed by atoms with E-state index < -0.39 is 0 Å². The Morgan fingerprint density at radius 2 is 1.71 bits per heavy atom. The second-order valence-electron chi connectivity index (χ2n) is 13.5. The minimum Gasteiger partial charge on any atom is -0.493 e. The van der Waals surface area contributed by atoms with E-state index in [1.54, 1.807) is 7.11 Å². The lowest BCUT2D eigenvalue weighted by atomic mass is 9.46. The highest BCUT2D eigenvalue weighted by Gasteiger charge is 2.78. The Kier molecular flexibility index (Phi) is 5.47. The van der Waals surface area contributed by atoms with Gasteiger partial charge in [0.25, 0.3) is 0 Å². The Balaban J connectivity index is 1.20. The van der Waals surface area contributed by atoms with E-state index in [1.165, 1.54) is 42.5 Å². The third-order valence-corrected chi connectivity index (χ3v) is 11.6. The first-order valence-electron chi connectivity index (χ1n) is 15.8. The van der Waals surface area contributed by atoms with Gasteiger partial charge in [0.15, 0.2) is 11.5 Å². The molecule has 0 spiro atoms. The Labute approximate surface area is 243 Å². The number of hydrogen-bond acceptors (Lipinski definition) is 5. The van der Waals surface area contributed by atoms with Crippen molar-refractivity contribution in [3.8, 4) is 17.2 Å². The van der Waals surface area contributed by atoms with Gasteiger partial charge in [-0.3, -0.25) is 9.80 Å². The summed E-state index contributed by atoms with van der Waals surface area (Å²) in [5.41, 5.74) is 4.03. The molecule has 3 aromatic rings. The molecule has 5 heteroatoms. The fourth-order valence-corrected chi connectivity index (χ4v) is 10.1. The number of piperidine rings is 1. The molecular weight excluding hydrogens is 508 g/mol. The van der Waals surface area contributed by atoms with Gasteiger partial charge in [0.1, 0.15) is 5.75 Å². The second kappa shape index (κ2) is 9.07. The number of likely N-dealkylation sites (tertiary alicyclic amines) is 2. The molecule has 6 unspecified atom stereocenters. The number of rotatable bonds is 7. The van der Waals surface area contributed by atoms with Gasteiger partial charge in [-0.2, -0.15) is 0 Å². The lowest BCUT2D eigenvalue weighted by Gasteiger charge is -2.65. The third-order valence-electron chi connectivity index (χ3n) is 11.6. The fourth-order valence-electron chi connectivity index (χ4n) is 10.1. The number of para-hydroxylation sites is 1. The molecule has 9 rings (SSSR count). The lowest BCUT2D eigenvalue weighted by Crippen LogP contribution is -2.74. The predicted molar refractivity (Wildman–Crippen MR) is 159 cm³/mol. The van der Waals surface area contributed by atoms with Crippen molar-refractivity contribution < 1.29 is 14.2 Å².